The Bertz CT molecular complexity index is 368. The maximum atomic E-state index is 11.2. The number of benzene rings is 1. The van der Waals surface area contributed by atoms with Gasteiger partial charge in [0.1, 0.15) is 5.75 Å². The number of carbonyl (C=O) groups is 1. The number of aliphatic hydroxyl groups is 1. The molecule has 0 saturated carbocycles. The van der Waals surface area contributed by atoms with E-state index in [9.17, 15) is 4.79 Å². The number of amides is 1. The van der Waals surface area contributed by atoms with E-state index in [1.165, 1.54) is 0 Å². The third-order valence-corrected chi connectivity index (χ3v) is 2.29. The highest BCUT2D eigenvalue weighted by molar-refractivity contribution is 6.30. The Morgan fingerprint density at radius 1 is 1.56 bits per heavy atom. The Morgan fingerprint density at radius 3 is 2.94 bits per heavy atom. The Morgan fingerprint density at radius 2 is 2.31 bits per heavy atom. The van der Waals surface area contributed by atoms with Crippen molar-refractivity contribution >= 4 is 17.5 Å². The third-order valence-electron chi connectivity index (χ3n) is 2.06. The fraction of sp³-hybridized carbons (Fsp3) is 0.364. The minimum atomic E-state index is -0.204. The molecule has 0 aliphatic carbocycles. The Balaban J connectivity index is 2.65. The van der Waals surface area contributed by atoms with Crippen LogP contribution in [0.1, 0.15) is 12.0 Å². The maximum Gasteiger partial charge on any atom is 0.222 e. The first-order valence-electron chi connectivity index (χ1n) is 4.87. The highest BCUT2D eigenvalue weighted by atomic mass is 35.5. The van der Waals surface area contributed by atoms with Gasteiger partial charge in [0.2, 0.25) is 5.91 Å². The molecule has 0 fully saturated rings. The first kappa shape index (κ1) is 12.8. The van der Waals surface area contributed by atoms with E-state index < -0.39 is 0 Å². The van der Waals surface area contributed by atoms with Crippen molar-refractivity contribution in [2.24, 2.45) is 0 Å². The first-order chi connectivity index (χ1) is 7.67. The number of hydrogen-bond donors (Lipinski definition) is 2. The molecule has 0 unspecified atom stereocenters. The number of aliphatic hydroxyl groups excluding tert-OH is 1. The van der Waals surface area contributed by atoms with Gasteiger partial charge in [0.25, 0.3) is 0 Å². The maximum absolute atomic E-state index is 11.2. The van der Waals surface area contributed by atoms with Crippen LogP contribution in [-0.4, -0.2) is 24.7 Å². The molecule has 1 amide bonds. The second-order valence-corrected chi connectivity index (χ2v) is 3.64. The van der Waals surface area contributed by atoms with Crippen molar-refractivity contribution in [3.63, 3.8) is 0 Å². The van der Waals surface area contributed by atoms with Crippen molar-refractivity contribution in [1.29, 1.82) is 0 Å². The minimum Gasteiger partial charge on any atom is -0.496 e. The van der Waals surface area contributed by atoms with Gasteiger partial charge < -0.3 is 15.2 Å². The number of hydrogen-bond acceptors (Lipinski definition) is 3. The Kier molecular flexibility index (Phi) is 5.08. The van der Waals surface area contributed by atoms with Crippen LogP contribution in [0.25, 0.3) is 0 Å². The molecule has 1 rings (SSSR count). The quantitative estimate of drug-likeness (QED) is 0.821. The van der Waals surface area contributed by atoms with Crippen molar-refractivity contribution in [2.45, 2.75) is 13.0 Å². The molecule has 5 heteroatoms. The predicted molar refractivity (Wildman–Crippen MR) is 61.6 cm³/mol. The summed E-state index contributed by atoms with van der Waals surface area (Å²) in [5, 5.41) is 11.8. The molecule has 16 heavy (non-hydrogen) atoms. The molecular weight excluding hydrogens is 230 g/mol. The molecule has 0 aliphatic heterocycles. The topological polar surface area (TPSA) is 58.6 Å². The van der Waals surface area contributed by atoms with Crippen LogP contribution in [0, 0.1) is 0 Å². The summed E-state index contributed by atoms with van der Waals surface area (Å²) in [7, 11) is 1.56. The van der Waals surface area contributed by atoms with E-state index >= 15 is 0 Å². The molecule has 0 aromatic heterocycles. The van der Waals surface area contributed by atoms with Gasteiger partial charge in [-0.15, -0.1) is 0 Å². The predicted octanol–water partition coefficient (Wildman–Crippen LogP) is 1.35. The van der Waals surface area contributed by atoms with Crippen molar-refractivity contribution in [3.05, 3.63) is 28.8 Å². The Labute approximate surface area is 99.2 Å². The van der Waals surface area contributed by atoms with Gasteiger partial charge in [0.15, 0.2) is 0 Å². The van der Waals surface area contributed by atoms with Gasteiger partial charge in [-0.1, -0.05) is 11.6 Å². The van der Waals surface area contributed by atoms with Crippen LogP contribution in [0.5, 0.6) is 5.75 Å². The normalized spacial score (nSPS) is 9.94. The van der Waals surface area contributed by atoms with E-state index in [4.69, 9.17) is 21.4 Å². The molecule has 0 saturated heterocycles. The Hall–Kier alpha value is -1.26. The van der Waals surface area contributed by atoms with Crippen LogP contribution in [0.3, 0.4) is 0 Å². The highest BCUT2D eigenvalue weighted by Crippen LogP contribution is 2.22. The van der Waals surface area contributed by atoms with Crippen LogP contribution in [-0.2, 0) is 11.3 Å². The summed E-state index contributed by atoms with van der Waals surface area (Å²) in [5.74, 6) is 0.471. The van der Waals surface area contributed by atoms with E-state index in [1.54, 1.807) is 25.3 Å². The molecule has 0 bridgehead atoms. The standard InChI is InChI=1S/C11H14ClNO3/c1-16-10-3-2-9(12)6-8(10)7-13-11(15)4-5-14/h2-3,6,14H,4-5,7H2,1H3,(H,13,15). The average Bonchev–Trinajstić information content (AvgIpc) is 2.27. The molecule has 4 nitrogen and oxygen atoms in total. The summed E-state index contributed by atoms with van der Waals surface area (Å²) in [5.41, 5.74) is 0.807. The van der Waals surface area contributed by atoms with E-state index in [-0.39, 0.29) is 18.9 Å². The monoisotopic (exact) mass is 243 g/mol. The van der Waals surface area contributed by atoms with E-state index in [0.29, 0.717) is 17.3 Å². The third kappa shape index (κ3) is 3.72. The largest absolute Gasteiger partial charge is 0.496 e. The van der Waals surface area contributed by atoms with Gasteiger partial charge in [-0.2, -0.15) is 0 Å². The molecule has 0 atom stereocenters. The molecule has 0 aliphatic rings. The summed E-state index contributed by atoms with van der Waals surface area (Å²) in [4.78, 5) is 11.2. The fourth-order valence-electron chi connectivity index (χ4n) is 1.27. The van der Waals surface area contributed by atoms with Gasteiger partial charge in [-0.05, 0) is 18.2 Å². The van der Waals surface area contributed by atoms with Crippen molar-refractivity contribution < 1.29 is 14.6 Å². The van der Waals surface area contributed by atoms with Gasteiger partial charge in [0.05, 0.1) is 13.7 Å². The number of methoxy groups -OCH3 is 1. The zero-order valence-electron chi connectivity index (χ0n) is 9.00. The van der Waals surface area contributed by atoms with Crippen LogP contribution >= 0.6 is 11.6 Å². The lowest BCUT2D eigenvalue weighted by atomic mass is 10.2. The fourth-order valence-corrected chi connectivity index (χ4v) is 1.46. The molecule has 0 heterocycles. The molecule has 88 valence electrons. The summed E-state index contributed by atoms with van der Waals surface area (Å²) in [6.45, 7) is 0.182. The summed E-state index contributed by atoms with van der Waals surface area (Å²) in [6.07, 6.45) is 0.100. The zero-order valence-corrected chi connectivity index (χ0v) is 9.75. The van der Waals surface area contributed by atoms with Crippen LogP contribution < -0.4 is 10.1 Å². The van der Waals surface area contributed by atoms with Gasteiger partial charge >= 0.3 is 0 Å². The first-order valence-corrected chi connectivity index (χ1v) is 5.25. The minimum absolute atomic E-state index is 0.100. The molecule has 1 aromatic carbocycles. The number of carbonyl (C=O) groups excluding carboxylic acids is 1. The number of ether oxygens (including phenoxy) is 1. The summed E-state index contributed by atoms with van der Waals surface area (Å²) >= 11 is 5.84. The molecule has 0 spiro atoms. The van der Waals surface area contributed by atoms with Gasteiger partial charge in [-0.3, -0.25) is 4.79 Å². The highest BCUT2D eigenvalue weighted by Gasteiger charge is 2.05. The van der Waals surface area contributed by atoms with Gasteiger partial charge in [-0.25, -0.2) is 0 Å². The van der Waals surface area contributed by atoms with Crippen LogP contribution in [0.15, 0.2) is 18.2 Å². The molecule has 0 radical (unpaired) electrons. The smallest absolute Gasteiger partial charge is 0.222 e. The second kappa shape index (κ2) is 6.35. The zero-order chi connectivity index (χ0) is 12.0. The lowest BCUT2D eigenvalue weighted by molar-refractivity contribution is -0.121. The van der Waals surface area contributed by atoms with E-state index in [2.05, 4.69) is 5.32 Å². The van der Waals surface area contributed by atoms with E-state index in [1.807, 2.05) is 0 Å². The average molecular weight is 244 g/mol. The summed E-state index contributed by atoms with van der Waals surface area (Å²) < 4.78 is 5.13. The molecule has 1 aromatic rings. The van der Waals surface area contributed by atoms with Crippen molar-refractivity contribution in [1.82, 2.24) is 5.32 Å². The number of rotatable bonds is 5. The van der Waals surface area contributed by atoms with Gasteiger partial charge in [0, 0.05) is 23.6 Å². The van der Waals surface area contributed by atoms with E-state index in [0.717, 1.165) is 5.56 Å². The number of nitrogens with one attached hydrogen (secondary N) is 1. The lowest BCUT2D eigenvalue weighted by Gasteiger charge is -2.09. The molecular formula is C11H14ClNO3. The van der Waals surface area contributed by atoms with Crippen molar-refractivity contribution in [2.75, 3.05) is 13.7 Å². The molecule has 2 N–H and O–H groups in total. The number of halogens is 1. The SMILES string of the molecule is COc1ccc(Cl)cc1CNC(=O)CCO. The van der Waals surface area contributed by atoms with Crippen LogP contribution in [0.2, 0.25) is 5.02 Å². The second-order valence-electron chi connectivity index (χ2n) is 3.21. The van der Waals surface area contributed by atoms with Crippen LogP contribution in [0.4, 0.5) is 0 Å². The summed E-state index contributed by atoms with van der Waals surface area (Å²) in [6, 6.07) is 5.20. The van der Waals surface area contributed by atoms with Crippen molar-refractivity contribution in [3.8, 4) is 5.75 Å². The lowest BCUT2D eigenvalue weighted by Crippen LogP contribution is -2.23.